The maximum Gasteiger partial charge on any atom is 0.337 e. The molecule has 1 unspecified atom stereocenters. The Morgan fingerprint density at radius 1 is 0.955 bits per heavy atom. The molecule has 2 heterocycles. The van der Waals surface area contributed by atoms with E-state index >= 15 is 0 Å². The van der Waals surface area contributed by atoms with E-state index in [0.717, 1.165) is 10.6 Å². The topological polar surface area (TPSA) is 80.6 Å². The summed E-state index contributed by atoms with van der Waals surface area (Å²) < 4.78 is 0. The molecule has 2 aliphatic rings. The molecule has 2 aromatic carbocycles. The van der Waals surface area contributed by atoms with Crippen molar-refractivity contribution in [2.24, 2.45) is 0 Å². The normalized spacial score (nSPS) is 19.4. The van der Waals surface area contributed by atoms with Crippen LogP contribution in [0.4, 0.5) is 27.5 Å². The standard InChI is InChI=1S/C16H12N4O2/c17-10-5-1-3-7-12(10)20-15(21)14-9-18-11-6-2-4-8-13(11)19(14)16(20)22/h1-9,14H,17H2/p+1. The van der Waals surface area contributed by atoms with Crippen molar-refractivity contribution >= 4 is 40.9 Å². The van der Waals surface area contributed by atoms with Gasteiger partial charge in [0.25, 0.3) is 5.91 Å². The Kier molecular flexibility index (Phi) is 2.53. The number of amides is 3. The van der Waals surface area contributed by atoms with Crippen LogP contribution in [0.15, 0.2) is 48.5 Å². The summed E-state index contributed by atoms with van der Waals surface area (Å²) in [5.41, 5.74) is 8.21. The third-order valence-electron chi connectivity index (χ3n) is 3.89. The minimum Gasteiger partial charge on any atom is -0.397 e. The number of carbonyl (C=O) groups is 2. The number of anilines is 3. The molecule has 0 bridgehead atoms. The summed E-state index contributed by atoms with van der Waals surface area (Å²) in [4.78, 5) is 31.1. The van der Waals surface area contributed by atoms with Gasteiger partial charge in [0.2, 0.25) is 5.69 Å². The van der Waals surface area contributed by atoms with Crippen molar-refractivity contribution in [2.75, 3.05) is 15.5 Å². The van der Waals surface area contributed by atoms with Gasteiger partial charge in [-0.25, -0.2) is 14.7 Å². The lowest BCUT2D eigenvalue weighted by atomic mass is 10.1. The molecule has 0 spiro atoms. The number of hydrogen-bond donors (Lipinski definition) is 2. The minimum atomic E-state index is -0.665. The van der Waals surface area contributed by atoms with E-state index in [0.29, 0.717) is 17.1 Å². The molecule has 4 rings (SSSR count). The predicted octanol–water partition coefficient (Wildman–Crippen LogP) is 0.407. The Morgan fingerprint density at radius 2 is 1.64 bits per heavy atom. The molecule has 22 heavy (non-hydrogen) atoms. The maximum atomic E-state index is 12.8. The maximum absolute atomic E-state index is 12.8. The fourth-order valence-corrected chi connectivity index (χ4v) is 2.85. The molecular weight excluding hydrogens is 280 g/mol. The second-order valence-corrected chi connectivity index (χ2v) is 5.16. The van der Waals surface area contributed by atoms with E-state index in [9.17, 15) is 9.59 Å². The van der Waals surface area contributed by atoms with Crippen LogP contribution in [0.5, 0.6) is 0 Å². The third-order valence-corrected chi connectivity index (χ3v) is 3.89. The first-order chi connectivity index (χ1) is 10.7. The highest BCUT2D eigenvalue weighted by Gasteiger charge is 2.50. The fourth-order valence-electron chi connectivity index (χ4n) is 2.85. The lowest BCUT2D eigenvalue weighted by molar-refractivity contribution is -0.350. The molecule has 1 fully saturated rings. The van der Waals surface area contributed by atoms with E-state index in [1.165, 1.54) is 4.90 Å². The van der Waals surface area contributed by atoms with Crippen LogP contribution in [-0.4, -0.2) is 24.2 Å². The Balaban J connectivity index is 1.85. The van der Waals surface area contributed by atoms with Crippen LogP contribution in [0.1, 0.15) is 0 Å². The van der Waals surface area contributed by atoms with Crippen molar-refractivity contribution in [1.29, 1.82) is 0 Å². The number of carbonyl (C=O) groups excluding carboxylic acids is 2. The molecule has 1 saturated heterocycles. The van der Waals surface area contributed by atoms with E-state index in [4.69, 9.17) is 5.73 Å². The molecular formula is C16H13N4O2+. The number of imide groups is 1. The Labute approximate surface area is 126 Å². The van der Waals surface area contributed by atoms with Crippen LogP contribution in [-0.2, 0) is 4.79 Å². The van der Waals surface area contributed by atoms with E-state index < -0.39 is 12.1 Å². The van der Waals surface area contributed by atoms with Gasteiger partial charge >= 0.3 is 6.03 Å². The Morgan fingerprint density at radius 3 is 2.41 bits per heavy atom. The van der Waals surface area contributed by atoms with Gasteiger partial charge in [0, 0.05) is 6.07 Å². The number of benzene rings is 2. The summed E-state index contributed by atoms with van der Waals surface area (Å²) in [5, 5.41) is 0. The second-order valence-electron chi connectivity index (χ2n) is 5.16. The van der Waals surface area contributed by atoms with Crippen LogP contribution in [0.25, 0.3) is 0 Å². The first-order valence-electron chi connectivity index (χ1n) is 6.89. The molecule has 0 aliphatic carbocycles. The number of nitrogens with two attached hydrogens (primary N) is 1. The fraction of sp³-hybridized carbons (Fsp3) is 0.0625. The van der Waals surface area contributed by atoms with E-state index in [1.54, 1.807) is 30.5 Å². The molecule has 108 valence electrons. The molecule has 0 saturated carbocycles. The van der Waals surface area contributed by atoms with Crippen molar-refractivity contribution in [3.63, 3.8) is 0 Å². The van der Waals surface area contributed by atoms with Crippen LogP contribution in [0.2, 0.25) is 0 Å². The highest BCUT2D eigenvalue weighted by atomic mass is 16.2. The minimum absolute atomic E-state index is 0.315. The van der Waals surface area contributed by atoms with Gasteiger partial charge in [-0.3, -0.25) is 9.69 Å². The summed E-state index contributed by atoms with van der Waals surface area (Å²) >= 11 is 0. The molecule has 2 aliphatic heterocycles. The highest BCUT2D eigenvalue weighted by Crippen LogP contribution is 2.34. The quantitative estimate of drug-likeness (QED) is 0.590. The lowest BCUT2D eigenvalue weighted by Gasteiger charge is -2.20. The zero-order chi connectivity index (χ0) is 15.3. The summed E-state index contributed by atoms with van der Waals surface area (Å²) in [6.07, 6.45) is 1.63. The highest BCUT2D eigenvalue weighted by molar-refractivity contribution is 6.34. The molecule has 1 atom stereocenters. The molecule has 3 amide bonds. The molecule has 0 aromatic heterocycles. The Bertz CT molecular complexity index is 830. The summed E-state index contributed by atoms with van der Waals surface area (Å²) in [7, 11) is 0. The number of rotatable bonds is 1. The molecule has 2 aromatic rings. The summed E-state index contributed by atoms with van der Waals surface area (Å²) in [6.45, 7) is 0. The molecule has 6 heteroatoms. The molecule has 3 N–H and O–H groups in total. The van der Waals surface area contributed by atoms with Gasteiger partial charge in [0.15, 0.2) is 12.3 Å². The number of nitrogen functional groups attached to an aromatic ring is 1. The van der Waals surface area contributed by atoms with Gasteiger partial charge in [-0.1, -0.05) is 24.3 Å². The number of hydrogen-bond acceptors (Lipinski definition) is 3. The largest absolute Gasteiger partial charge is 0.397 e. The van der Waals surface area contributed by atoms with Crippen LogP contribution in [0, 0.1) is 0 Å². The van der Waals surface area contributed by atoms with E-state index in [2.05, 4.69) is 4.99 Å². The third kappa shape index (κ3) is 1.57. The first-order valence-corrected chi connectivity index (χ1v) is 6.89. The number of urea groups is 1. The smallest absolute Gasteiger partial charge is 0.337 e. The van der Waals surface area contributed by atoms with Crippen LogP contribution in [0.3, 0.4) is 0 Å². The van der Waals surface area contributed by atoms with E-state index in [-0.39, 0.29) is 5.91 Å². The SMILES string of the molecule is Nc1ccccc1N1C(=O)C2C=[NH+]c3ccccc3N2C1=O. The first kappa shape index (κ1) is 12.6. The van der Waals surface area contributed by atoms with Crippen LogP contribution >= 0.6 is 0 Å². The monoisotopic (exact) mass is 293 g/mol. The predicted molar refractivity (Wildman–Crippen MR) is 83.1 cm³/mol. The summed E-state index contributed by atoms with van der Waals surface area (Å²) in [6, 6.07) is 13.2. The van der Waals surface area contributed by atoms with Gasteiger partial charge in [-0.15, -0.1) is 0 Å². The average molecular weight is 293 g/mol. The van der Waals surface area contributed by atoms with Crippen molar-refractivity contribution in [2.45, 2.75) is 6.04 Å². The zero-order valence-electron chi connectivity index (χ0n) is 11.6. The number of fused-ring (bicyclic) bond motifs is 3. The second kappa shape index (κ2) is 4.42. The Hall–Kier alpha value is -3.15. The van der Waals surface area contributed by atoms with Crippen molar-refractivity contribution in [1.82, 2.24) is 0 Å². The molecule has 0 radical (unpaired) electrons. The van der Waals surface area contributed by atoms with Crippen LogP contribution < -0.4 is 20.5 Å². The van der Waals surface area contributed by atoms with Crippen molar-refractivity contribution < 1.29 is 14.6 Å². The van der Waals surface area contributed by atoms with Gasteiger partial charge in [-0.2, -0.15) is 0 Å². The van der Waals surface area contributed by atoms with Gasteiger partial charge < -0.3 is 5.73 Å². The van der Waals surface area contributed by atoms with E-state index in [1.807, 2.05) is 24.3 Å². The van der Waals surface area contributed by atoms with Gasteiger partial charge in [0.1, 0.15) is 5.69 Å². The van der Waals surface area contributed by atoms with Gasteiger partial charge in [-0.05, 0) is 18.2 Å². The zero-order valence-corrected chi connectivity index (χ0v) is 11.6. The van der Waals surface area contributed by atoms with Crippen molar-refractivity contribution in [3.8, 4) is 0 Å². The van der Waals surface area contributed by atoms with Gasteiger partial charge in [0.05, 0.1) is 11.4 Å². The number of para-hydroxylation sites is 4. The molecule has 6 nitrogen and oxygen atoms in total. The number of nitrogens with one attached hydrogen (secondary N) is 1. The average Bonchev–Trinajstić information content (AvgIpc) is 2.80. The van der Waals surface area contributed by atoms with Crippen molar-refractivity contribution in [3.05, 3.63) is 48.5 Å². The lowest BCUT2D eigenvalue weighted by Crippen LogP contribution is -2.69. The summed E-state index contributed by atoms with van der Waals surface area (Å²) in [5.74, 6) is -0.315. The number of nitrogens with zero attached hydrogens (tertiary/aromatic N) is 2.